The van der Waals surface area contributed by atoms with Crippen LogP contribution >= 0.6 is 0 Å². The number of hydrogen-bond donors (Lipinski definition) is 0. The number of fused-ring (bicyclic) bond motifs is 1. The van der Waals surface area contributed by atoms with Crippen molar-refractivity contribution in [1.82, 2.24) is 0 Å². The van der Waals surface area contributed by atoms with E-state index in [1.807, 2.05) is 19.1 Å². The van der Waals surface area contributed by atoms with Gasteiger partial charge in [-0.1, -0.05) is 30.3 Å². The number of Topliss-reactive ketones (excluding diaryl/α,β-unsaturated/α-hetero) is 1. The zero-order valence-corrected chi connectivity index (χ0v) is 12.0. The van der Waals surface area contributed by atoms with E-state index in [0.29, 0.717) is 29.2 Å². The van der Waals surface area contributed by atoms with Gasteiger partial charge in [-0.2, -0.15) is 0 Å². The maximum Gasteiger partial charge on any atom is 0.347 e. The first-order valence-corrected chi connectivity index (χ1v) is 7.00. The summed E-state index contributed by atoms with van der Waals surface area (Å²) in [5.74, 6) is -0.0575. The minimum absolute atomic E-state index is 0.00542. The molecule has 22 heavy (non-hydrogen) atoms. The molecule has 0 N–H and O–H groups in total. The van der Waals surface area contributed by atoms with Crippen LogP contribution in [0.4, 0.5) is 0 Å². The van der Waals surface area contributed by atoms with Crippen LogP contribution in [0.1, 0.15) is 22.8 Å². The SMILES string of the molecule is CCOc1ccccc1C=C1C(=O)Oc2ccccc2C1=O. The number of rotatable bonds is 3. The number of ether oxygens (including phenoxy) is 2. The van der Waals surface area contributed by atoms with Gasteiger partial charge in [0, 0.05) is 5.56 Å². The van der Waals surface area contributed by atoms with Gasteiger partial charge in [-0.15, -0.1) is 0 Å². The Hall–Kier alpha value is -2.88. The number of esters is 1. The average Bonchev–Trinajstić information content (AvgIpc) is 2.53. The summed E-state index contributed by atoms with van der Waals surface area (Å²) in [5, 5.41) is 0. The smallest absolute Gasteiger partial charge is 0.347 e. The van der Waals surface area contributed by atoms with E-state index in [0.717, 1.165) is 0 Å². The van der Waals surface area contributed by atoms with Crippen molar-refractivity contribution in [3.8, 4) is 11.5 Å². The van der Waals surface area contributed by atoms with Gasteiger partial charge in [0.2, 0.25) is 5.78 Å². The number of carbonyl (C=O) groups is 2. The normalized spacial score (nSPS) is 15.4. The number of para-hydroxylation sites is 2. The summed E-state index contributed by atoms with van der Waals surface area (Å²) >= 11 is 0. The molecule has 1 aliphatic rings. The van der Waals surface area contributed by atoms with Crippen molar-refractivity contribution >= 4 is 17.8 Å². The summed E-state index contributed by atoms with van der Waals surface area (Å²) < 4.78 is 10.7. The second kappa shape index (κ2) is 5.85. The molecule has 2 aromatic rings. The monoisotopic (exact) mass is 294 g/mol. The number of hydrogen-bond acceptors (Lipinski definition) is 4. The summed E-state index contributed by atoms with van der Waals surface area (Å²) in [7, 11) is 0. The second-order valence-electron chi connectivity index (χ2n) is 4.74. The largest absolute Gasteiger partial charge is 0.493 e. The van der Waals surface area contributed by atoms with Gasteiger partial charge in [0.25, 0.3) is 0 Å². The van der Waals surface area contributed by atoms with E-state index < -0.39 is 5.97 Å². The molecule has 110 valence electrons. The van der Waals surface area contributed by atoms with Crippen LogP contribution in [0.5, 0.6) is 11.5 Å². The van der Waals surface area contributed by atoms with Crippen LogP contribution in [-0.2, 0) is 4.79 Å². The Morgan fingerprint density at radius 1 is 1.05 bits per heavy atom. The van der Waals surface area contributed by atoms with Crippen molar-refractivity contribution in [2.24, 2.45) is 0 Å². The van der Waals surface area contributed by atoms with E-state index in [1.54, 1.807) is 36.4 Å². The first kappa shape index (κ1) is 14.1. The fourth-order valence-corrected chi connectivity index (χ4v) is 2.30. The number of carbonyl (C=O) groups excluding carboxylic acids is 2. The molecule has 0 aliphatic carbocycles. The topological polar surface area (TPSA) is 52.6 Å². The molecule has 0 bridgehead atoms. The van der Waals surface area contributed by atoms with Gasteiger partial charge in [0.15, 0.2) is 0 Å². The third-order valence-electron chi connectivity index (χ3n) is 3.32. The lowest BCUT2D eigenvalue weighted by molar-refractivity contribution is -0.130. The van der Waals surface area contributed by atoms with Crippen LogP contribution in [0.2, 0.25) is 0 Å². The Morgan fingerprint density at radius 2 is 1.77 bits per heavy atom. The zero-order valence-electron chi connectivity index (χ0n) is 12.0. The second-order valence-corrected chi connectivity index (χ2v) is 4.74. The lowest BCUT2D eigenvalue weighted by Gasteiger charge is -2.17. The third-order valence-corrected chi connectivity index (χ3v) is 3.32. The Morgan fingerprint density at radius 3 is 2.59 bits per heavy atom. The zero-order chi connectivity index (χ0) is 15.5. The number of benzene rings is 2. The molecule has 4 heteroatoms. The summed E-state index contributed by atoms with van der Waals surface area (Å²) in [6.07, 6.45) is 1.52. The summed E-state index contributed by atoms with van der Waals surface area (Å²) in [4.78, 5) is 24.6. The van der Waals surface area contributed by atoms with Crippen LogP contribution in [0.25, 0.3) is 6.08 Å². The Bertz CT molecular complexity index is 774. The molecule has 0 amide bonds. The number of ketones is 1. The van der Waals surface area contributed by atoms with Gasteiger partial charge in [0.05, 0.1) is 12.2 Å². The van der Waals surface area contributed by atoms with Crippen LogP contribution in [0.3, 0.4) is 0 Å². The fraction of sp³-hybridized carbons (Fsp3) is 0.111. The van der Waals surface area contributed by atoms with E-state index in [1.165, 1.54) is 6.08 Å². The highest BCUT2D eigenvalue weighted by molar-refractivity contribution is 6.30. The standard InChI is InChI=1S/C18H14O4/c1-2-21-15-9-5-3-7-12(15)11-14-17(19)13-8-4-6-10-16(13)22-18(14)20/h3-11H,2H2,1H3. The van der Waals surface area contributed by atoms with E-state index in [4.69, 9.17) is 9.47 Å². The van der Waals surface area contributed by atoms with Crippen LogP contribution in [0.15, 0.2) is 54.1 Å². The summed E-state index contributed by atoms with van der Waals surface area (Å²) in [5.41, 5.74) is 1.07. The first-order chi connectivity index (χ1) is 10.7. The predicted octanol–water partition coefficient (Wildman–Crippen LogP) is 3.27. The molecule has 0 atom stereocenters. The van der Waals surface area contributed by atoms with E-state index in [9.17, 15) is 9.59 Å². The fourth-order valence-electron chi connectivity index (χ4n) is 2.30. The highest BCUT2D eigenvalue weighted by atomic mass is 16.5. The maximum atomic E-state index is 12.5. The summed E-state index contributed by atoms with van der Waals surface area (Å²) in [6.45, 7) is 2.38. The van der Waals surface area contributed by atoms with Gasteiger partial charge in [-0.3, -0.25) is 4.79 Å². The van der Waals surface area contributed by atoms with E-state index >= 15 is 0 Å². The third kappa shape index (κ3) is 2.51. The molecule has 4 nitrogen and oxygen atoms in total. The van der Waals surface area contributed by atoms with Gasteiger partial charge < -0.3 is 9.47 Å². The average molecular weight is 294 g/mol. The minimum atomic E-state index is -0.644. The van der Waals surface area contributed by atoms with Crippen LogP contribution < -0.4 is 9.47 Å². The van der Waals surface area contributed by atoms with E-state index in [-0.39, 0.29) is 11.4 Å². The van der Waals surface area contributed by atoms with Gasteiger partial charge in [0.1, 0.15) is 17.1 Å². The molecular weight excluding hydrogens is 280 g/mol. The first-order valence-electron chi connectivity index (χ1n) is 7.00. The quantitative estimate of drug-likeness (QED) is 0.377. The van der Waals surface area contributed by atoms with Gasteiger partial charge >= 0.3 is 5.97 Å². The molecule has 0 radical (unpaired) electrons. The highest BCUT2D eigenvalue weighted by Gasteiger charge is 2.30. The van der Waals surface area contributed by atoms with Crippen LogP contribution in [0, 0.1) is 0 Å². The Kier molecular flexibility index (Phi) is 3.74. The Balaban J connectivity index is 2.05. The molecule has 0 aromatic heterocycles. The van der Waals surface area contributed by atoms with Crippen molar-refractivity contribution in [1.29, 1.82) is 0 Å². The minimum Gasteiger partial charge on any atom is -0.493 e. The maximum absolute atomic E-state index is 12.5. The summed E-state index contributed by atoms with van der Waals surface area (Å²) in [6, 6.07) is 14.0. The molecule has 1 aliphatic heterocycles. The van der Waals surface area contributed by atoms with Gasteiger partial charge in [-0.05, 0) is 31.2 Å². The molecule has 0 saturated carbocycles. The van der Waals surface area contributed by atoms with Crippen LogP contribution in [-0.4, -0.2) is 18.4 Å². The molecule has 3 rings (SSSR count). The van der Waals surface area contributed by atoms with Crippen molar-refractivity contribution < 1.29 is 19.1 Å². The van der Waals surface area contributed by atoms with Crippen molar-refractivity contribution in [2.75, 3.05) is 6.61 Å². The lowest BCUT2D eigenvalue weighted by atomic mass is 9.98. The van der Waals surface area contributed by atoms with Crippen molar-refractivity contribution in [3.05, 3.63) is 65.2 Å². The molecule has 0 spiro atoms. The molecule has 1 heterocycles. The highest BCUT2D eigenvalue weighted by Crippen LogP contribution is 2.30. The molecule has 0 saturated heterocycles. The van der Waals surface area contributed by atoms with Crippen molar-refractivity contribution in [3.63, 3.8) is 0 Å². The molecule has 0 fully saturated rings. The van der Waals surface area contributed by atoms with E-state index in [2.05, 4.69) is 0 Å². The Labute approximate surface area is 128 Å². The molecular formula is C18H14O4. The molecule has 2 aromatic carbocycles. The molecule has 0 unspecified atom stereocenters. The van der Waals surface area contributed by atoms with Gasteiger partial charge in [-0.25, -0.2) is 4.79 Å². The lowest BCUT2D eigenvalue weighted by Crippen LogP contribution is -2.25. The predicted molar refractivity (Wildman–Crippen MR) is 82.0 cm³/mol. The van der Waals surface area contributed by atoms with Crippen molar-refractivity contribution in [2.45, 2.75) is 6.92 Å².